The highest BCUT2D eigenvalue weighted by Crippen LogP contribution is 2.08. The van der Waals surface area contributed by atoms with Gasteiger partial charge in [-0.3, -0.25) is 0 Å². The van der Waals surface area contributed by atoms with Crippen LogP contribution in [-0.2, 0) is 19.5 Å². The molecule has 0 unspecified atom stereocenters. The molecule has 2 aromatic rings. The summed E-state index contributed by atoms with van der Waals surface area (Å²) in [5, 5.41) is 7.43. The predicted molar refractivity (Wildman–Crippen MR) is 112 cm³/mol. The van der Waals surface area contributed by atoms with Crippen molar-refractivity contribution in [2.24, 2.45) is 0 Å². The molecule has 1 fully saturated rings. The van der Waals surface area contributed by atoms with Crippen molar-refractivity contribution in [3.05, 3.63) is 71.3 Å². The Labute approximate surface area is 162 Å². The summed E-state index contributed by atoms with van der Waals surface area (Å²) in [6.07, 6.45) is 5.11. The van der Waals surface area contributed by atoms with Crippen molar-refractivity contribution in [1.82, 2.24) is 10.6 Å². The van der Waals surface area contributed by atoms with Crippen molar-refractivity contribution in [2.75, 3.05) is 19.6 Å². The van der Waals surface area contributed by atoms with Gasteiger partial charge in [0, 0.05) is 18.7 Å². The molecule has 1 saturated heterocycles. The number of quaternary nitrogens is 1. The van der Waals surface area contributed by atoms with Gasteiger partial charge >= 0.3 is 0 Å². The summed E-state index contributed by atoms with van der Waals surface area (Å²) in [5.74, 6) is 0. The first kappa shape index (κ1) is 18.9. The van der Waals surface area contributed by atoms with Gasteiger partial charge in [0.15, 0.2) is 5.11 Å². The van der Waals surface area contributed by atoms with E-state index in [-0.39, 0.29) is 0 Å². The van der Waals surface area contributed by atoms with Gasteiger partial charge in [-0.05, 0) is 49.0 Å². The lowest BCUT2D eigenvalue weighted by Gasteiger charge is -2.24. The first-order valence-corrected chi connectivity index (χ1v) is 10.2. The molecule has 3 N–H and O–H groups in total. The largest absolute Gasteiger partial charge is 0.362 e. The third-order valence-corrected chi connectivity index (χ3v) is 5.39. The van der Waals surface area contributed by atoms with Gasteiger partial charge in [0.25, 0.3) is 0 Å². The van der Waals surface area contributed by atoms with E-state index in [0.717, 1.165) is 31.2 Å². The number of hydrogen-bond donors (Lipinski definition) is 3. The van der Waals surface area contributed by atoms with Crippen molar-refractivity contribution in [2.45, 2.75) is 38.8 Å². The minimum Gasteiger partial charge on any atom is -0.362 e. The van der Waals surface area contributed by atoms with E-state index >= 15 is 0 Å². The average molecular weight is 369 g/mol. The van der Waals surface area contributed by atoms with Crippen LogP contribution in [0.4, 0.5) is 0 Å². The number of piperidine rings is 1. The van der Waals surface area contributed by atoms with Gasteiger partial charge in [0.2, 0.25) is 0 Å². The zero-order chi connectivity index (χ0) is 18.0. The Balaban J connectivity index is 1.44. The van der Waals surface area contributed by atoms with Crippen molar-refractivity contribution in [3.8, 4) is 0 Å². The molecule has 0 radical (unpaired) electrons. The molecule has 0 amide bonds. The molecule has 138 valence electrons. The summed E-state index contributed by atoms with van der Waals surface area (Å²) in [7, 11) is 0. The minimum atomic E-state index is 0.737. The highest BCUT2D eigenvalue weighted by atomic mass is 32.1. The highest BCUT2D eigenvalue weighted by molar-refractivity contribution is 7.80. The van der Waals surface area contributed by atoms with Gasteiger partial charge in [0.1, 0.15) is 6.54 Å². The zero-order valence-corrected chi connectivity index (χ0v) is 16.3. The smallest absolute Gasteiger partial charge is 0.166 e. The molecular formula is C22H30N3S+. The van der Waals surface area contributed by atoms with Crippen LogP contribution < -0.4 is 15.5 Å². The second kappa shape index (κ2) is 10.3. The molecule has 1 aliphatic rings. The standard InChI is InChI=1S/C22H29N3S/c26-22(23-14-13-19-9-3-1-4-10-19)24-17-20-11-5-6-12-21(20)18-25-15-7-2-8-16-25/h1,3-6,9-12H,2,7-8,13-18H2,(H2,23,24,26)/p+1. The van der Waals surface area contributed by atoms with Crippen LogP contribution in [0.3, 0.4) is 0 Å². The highest BCUT2D eigenvalue weighted by Gasteiger charge is 2.15. The molecule has 0 spiro atoms. The van der Waals surface area contributed by atoms with E-state index in [1.165, 1.54) is 49.0 Å². The Bertz CT molecular complexity index is 681. The van der Waals surface area contributed by atoms with Crippen LogP contribution in [0.5, 0.6) is 0 Å². The van der Waals surface area contributed by atoms with Crippen LogP contribution in [0.25, 0.3) is 0 Å². The molecule has 2 aromatic carbocycles. The predicted octanol–water partition coefficient (Wildman–Crippen LogP) is 2.46. The van der Waals surface area contributed by atoms with E-state index in [9.17, 15) is 0 Å². The van der Waals surface area contributed by atoms with Gasteiger partial charge < -0.3 is 15.5 Å². The van der Waals surface area contributed by atoms with Crippen molar-refractivity contribution >= 4 is 17.3 Å². The molecule has 1 aliphatic heterocycles. The van der Waals surface area contributed by atoms with Crippen LogP contribution in [0, 0.1) is 0 Å². The number of hydrogen-bond acceptors (Lipinski definition) is 1. The van der Waals surface area contributed by atoms with E-state index in [1.54, 1.807) is 4.90 Å². The molecular weight excluding hydrogens is 338 g/mol. The van der Waals surface area contributed by atoms with E-state index in [1.807, 2.05) is 6.07 Å². The first-order chi connectivity index (χ1) is 12.8. The summed E-state index contributed by atoms with van der Waals surface area (Å²) in [6.45, 7) is 5.39. The second-order valence-electron chi connectivity index (χ2n) is 7.10. The molecule has 0 aliphatic carbocycles. The van der Waals surface area contributed by atoms with Gasteiger partial charge in [-0.1, -0.05) is 54.6 Å². The fourth-order valence-corrected chi connectivity index (χ4v) is 3.78. The summed E-state index contributed by atoms with van der Waals surface area (Å²) in [5.41, 5.74) is 4.14. The first-order valence-electron chi connectivity index (χ1n) is 9.77. The maximum absolute atomic E-state index is 5.45. The summed E-state index contributed by atoms with van der Waals surface area (Å²) < 4.78 is 0. The fourth-order valence-electron chi connectivity index (χ4n) is 3.60. The number of benzene rings is 2. The maximum atomic E-state index is 5.45. The summed E-state index contributed by atoms with van der Waals surface area (Å²) >= 11 is 5.45. The quantitative estimate of drug-likeness (QED) is 0.656. The second-order valence-corrected chi connectivity index (χ2v) is 7.51. The van der Waals surface area contributed by atoms with Crippen molar-refractivity contribution in [1.29, 1.82) is 0 Å². The molecule has 3 rings (SSSR count). The average Bonchev–Trinajstić information content (AvgIpc) is 2.69. The number of nitrogens with one attached hydrogen (secondary N) is 3. The third kappa shape index (κ3) is 6.11. The topological polar surface area (TPSA) is 28.5 Å². The van der Waals surface area contributed by atoms with E-state index in [0.29, 0.717) is 0 Å². The number of thiocarbonyl (C=S) groups is 1. The van der Waals surface area contributed by atoms with Gasteiger partial charge in [0.05, 0.1) is 13.1 Å². The molecule has 4 heteroatoms. The summed E-state index contributed by atoms with van der Waals surface area (Å²) in [4.78, 5) is 1.72. The molecule has 0 saturated carbocycles. The van der Waals surface area contributed by atoms with Crippen LogP contribution in [0.15, 0.2) is 54.6 Å². The van der Waals surface area contributed by atoms with E-state index < -0.39 is 0 Å². The van der Waals surface area contributed by atoms with E-state index in [2.05, 4.69) is 59.2 Å². The van der Waals surface area contributed by atoms with Crippen LogP contribution in [0.2, 0.25) is 0 Å². The molecule has 3 nitrogen and oxygen atoms in total. The van der Waals surface area contributed by atoms with E-state index in [4.69, 9.17) is 12.2 Å². The Morgan fingerprint density at radius 2 is 1.54 bits per heavy atom. The Morgan fingerprint density at radius 1 is 0.846 bits per heavy atom. The maximum Gasteiger partial charge on any atom is 0.166 e. The number of likely N-dealkylation sites (tertiary alicyclic amines) is 1. The van der Waals surface area contributed by atoms with Gasteiger partial charge in [-0.15, -0.1) is 0 Å². The molecule has 1 heterocycles. The molecule has 26 heavy (non-hydrogen) atoms. The molecule has 0 aromatic heterocycles. The lowest BCUT2D eigenvalue weighted by atomic mass is 10.0. The molecule has 0 bridgehead atoms. The Morgan fingerprint density at radius 3 is 2.31 bits per heavy atom. The summed E-state index contributed by atoms with van der Waals surface area (Å²) in [6, 6.07) is 19.3. The monoisotopic (exact) mass is 368 g/mol. The van der Waals surface area contributed by atoms with Gasteiger partial charge in [-0.2, -0.15) is 0 Å². The fraction of sp³-hybridized carbons (Fsp3) is 0.409. The third-order valence-electron chi connectivity index (χ3n) is 5.10. The van der Waals surface area contributed by atoms with Crippen LogP contribution in [0.1, 0.15) is 36.0 Å². The Kier molecular flexibility index (Phi) is 7.47. The normalized spacial score (nSPS) is 14.8. The minimum absolute atomic E-state index is 0.737. The van der Waals surface area contributed by atoms with Crippen molar-refractivity contribution < 1.29 is 4.90 Å². The number of rotatable bonds is 7. The molecule has 0 atom stereocenters. The lowest BCUT2D eigenvalue weighted by Crippen LogP contribution is -3.11. The lowest BCUT2D eigenvalue weighted by molar-refractivity contribution is -0.918. The van der Waals surface area contributed by atoms with Crippen molar-refractivity contribution in [3.63, 3.8) is 0 Å². The zero-order valence-electron chi connectivity index (χ0n) is 15.5. The Hall–Kier alpha value is -1.91. The SMILES string of the molecule is S=C(NCCc1ccccc1)NCc1ccccc1C[NH+]1CCCCC1. The van der Waals surface area contributed by atoms with Crippen LogP contribution >= 0.6 is 12.2 Å². The van der Waals surface area contributed by atoms with Gasteiger partial charge in [-0.25, -0.2) is 0 Å². The van der Waals surface area contributed by atoms with Crippen LogP contribution in [-0.4, -0.2) is 24.7 Å².